The minimum Gasteiger partial charge on any atom is -0.466 e. The molecular formula is C14H18O4S. The largest absolute Gasteiger partial charge is 0.466 e. The number of esters is 2. The van der Waals surface area contributed by atoms with Gasteiger partial charge in [-0.15, -0.1) is 12.6 Å². The van der Waals surface area contributed by atoms with Gasteiger partial charge in [0.2, 0.25) is 0 Å². The van der Waals surface area contributed by atoms with E-state index in [2.05, 4.69) is 12.6 Å². The van der Waals surface area contributed by atoms with Crippen molar-refractivity contribution in [3.8, 4) is 0 Å². The quantitative estimate of drug-likeness (QED) is 0.644. The number of hydrogen-bond acceptors (Lipinski definition) is 5. The molecule has 5 heteroatoms. The lowest BCUT2D eigenvalue weighted by Gasteiger charge is -2.10. The molecule has 0 radical (unpaired) electrons. The van der Waals surface area contributed by atoms with E-state index < -0.39 is 5.97 Å². The Morgan fingerprint density at radius 3 is 2.47 bits per heavy atom. The van der Waals surface area contributed by atoms with Gasteiger partial charge >= 0.3 is 11.9 Å². The molecule has 104 valence electrons. The molecule has 0 aliphatic rings. The Morgan fingerprint density at radius 2 is 1.84 bits per heavy atom. The van der Waals surface area contributed by atoms with Crippen molar-refractivity contribution < 1.29 is 19.1 Å². The molecule has 0 heterocycles. The maximum absolute atomic E-state index is 11.9. The first kappa shape index (κ1) is 15.6. The predicted octanol–water partition coefficient (Wildman–Crippen LogP) is 2.65. The third-order valence-electron chi connectivity index (χ3n) is 2.51. The Bertz CT molecular complexity index is 457. The first-order chi connectivity index (χ1) is 9.10. The Hall–Kier alpha value is -1.49. The van der Waals surface area contributed by atoms with Crippen LogP contribution in [0.2, 0.25) is 0 Å². The second-order valence-corrected chi connectivity index (χ2v) is 4.32. The van der Waals surface area contributed by atoms with E-state index in [0.717, 1.165) is 5.56 Å². The maximum atomic E-state index is 11.9. The molecule has 0 fully saturated rings. The molecule has 4 nitrogen and oxygen atoms in total. The van der Waals surface area contributed by atoms with Crippen LogP contribution in [0.5, 0.6) is 0 Å². The van der Waals surface area contributed by atoms with Gasteiger partial charge in [-0.25, -0.2) is 4.79 Å². The highest BCUT2D eigenvalue weighted by Gasteiger charge is 2.16. The fourth-order valence-corrected chi connectivity index (χ4v) is 2.02. The second-order valence-electron chi connectivity index (χ2n) is 3.84. The summed E-state index contributed by atoms with van der Waals surface area (Å²) >= 11 is 4.27. The van der Waals surface area contributed by atoms with Gasteiger partial charge in [-0.3, -0.25) is 4.79 Å². The Labute approximate surface area is 118 Å². The Morgan fingerprint density at radius 1 is 1.16 bits per heavy atom. The Kier molecular flexibility index (Phi) is 6.42. The van der Waals surface area contributed by atoms with Gasteiger partial charge in [-0.2, -0.15) is 0 Å². The monoisotopic (exact) mass is 282 g/mol. The van der Waals surface area contributed by atoms with E-state index >= 15 is 0 Å². The summed E-state index contributed by atoms with van der Waals surface area (Å²) in [6.45, 7) is 4.17. The van der Waals surface area contributed by atoms with Gasteiger partial charge in [0.15, 0.2) is 0 Å². The van der Waals surface area contributed by atoms with Crippen molar-refractivity contribution >= 4 is 24.6 Å². The molecular weight excluding hydrogens is 264 g/mol. The van der Waals surface area contributed by atoms with Gasteiger partial charge in [0.05, 0.1) is 18.8 Å². The Balaban J connectivity index is 2.85. The molecule has 19 heavy (non-hydrogen) atoms. The highest BCUT2D eigenvalue weighted by atomic mass is 32.1. The number of aryl methyl sites for hydroxylation is 1. The molecule has 0 unspecified atom stereocenters. The minimum atomic E-state index is -0.410. The summed E-state index contributed by atoms with van der Waals surface area (Å²) in [6, 6.07) is 5.32. The molecule has 0 aliphatic carbocycles. The molecule has 0 aromatic heterocycles. The molecule has 0 aliphatic heterocycles. The van der Waals surface area contributed by atoms with E-state index in [0.29, 0.717) is 30.1 Å². The van der Waals surface area contributed by atoms with Crippen LogP contribution in [0.4, 0.5) is 0 Å². The van der Waals surface area contributed by atoms with E-state index in [1.165, 1.54) is 0 Å². The number of benzene rings is 1. The molecule has 0 spiro atoms. The molecule has 0 bridgehead atoms. The molecule has 1 aromatic carbocycles. The second kappa shape index (κ2) is 7.84. The lowest BCUT2D eigenvalue weighted by molar-refractivity contribution is -0.143. The van der Waals surface area contributed by atoms with Crippen LogP contribution < -0.4 is 0 Å². The lowest BCUT2D eigenvalue weighted by atomic mass is 10.0. The average molecular weight is 282 g/mol. The summed E-state index contributed by atoms with van der Waals surface area (Å²) in [5.41, 5.74) is 1.18. The van der Waals surface area contributed by atoms with Gasteiger partial charge in [-0.05, 0) is 31.9 Å². The van der Waals surface area contributed by atoms with Gasteiger partial charge in [0.25, 0.3) is 0 Å². The molecule has 0 atom stereocenters. The van der Waals surface area contributed by atoms with Gasteiger partial charge in [-0.1, -0.05) is 12.1 Å². The summed E-state index contributed by atoms with van der Waals surface area (Å²) in [5.74, 6) is -0.686. The fraction of sp³-hybridized carbons (Fsp3) is 0.429. The number of carbonyl (C=O) groups excluding carboxylic acids is 2. The SMILES string of the molecule is CCOC(=O)CCc1cccc(S)c1C(=O)OCC. The van der Waals surface area contributed by atoms with Crippen LogP contribution in [0.3, 0.4) is 0 Å². The van der Waals surface area contributed by atoms with E-state index in [1.807, 2.05) is 0 Å². The van der Waals surface area contributed by atoms with Crippen LogP contribution in [-0.2, 0) is 20.7 Å². The first-order valence-corrected chi connectivity index (χ1v) is 6.68. The molecule has 0 saturated heterocycles. The highest BCUT2D eigenvalue weighted by Crippen LogP contribution is 2.21. The van der Waals surface area contributed by atoms with Gasteiger partial charge in [0.1, 0.15) is 0 Å². The first-order valence-electron chi connectivity index (χ1n) is 6.23. The van der Waals surface area contributed by atoms with Crippen LogP contribution in [0.15, 0.2) is 23.1 Å². The smallest absolute Gasteiger partial charge is 0.339 e. The summed E-state index contributed by atoms with van der Waals surface area (Å²) in [4.78, 5) is 23.8. The molecule has 0 amide bonds. The molecule has 0 saturated carbocycles. The summed E-state index contributed by atoms with van der Waals surface area (Å²) in [6.07, 6.45) is 0.666. The van der Waals surface area contributed by atoms with Crippen molar-refractivity contribution in [1.82, 2.24) is 0 Å². The third kappa shape index (κ3) is 4.59. The number of hydrogen-bond donors (Lipinski definition) is 1. The van der Waals surface area contributed by atoms with Gasteiger partial charge in [0, 0.05) is 11.3 Å². The topological polar surface area (TPSA) is 52.6 Å². The summed E-state index contributed by atoms with van der Waals surface area (Å²) < 4.78 is 9.87. The van der Waals surface area contributed by atoms with Crippen molar-refractivity contribution in [2.45, 2.75) is 31.6 Å². The minimum absolute atomic E-state index is 0.234. The predicted molar refractivity (Wildman–Crippen MR) is 74.6 cm³/mol. The van der Waals surface area contributed by atoms with Crippen LogP contribution in [-0.4, -0.2) is 25.2 Å². The van der Waals surface area contributed by atoms with Crippen LogP contribution in [0, 0.1) is 0 Å². The zero-order valence-electron chi connectivity index (χ0n) is 11.1. The third-order valence-corrected chi connectivity index (χ3v) is 2.88. The fourth-order valence-electron chi connectivity index (χ4n) is 1.70. The van der Waals surface area contributed by atoms with Crippen LogP contribution >= 0.6 is 12.6 Å². The molecule has 0 N–H and O–H groups in total. The highest BCUT2D eigenvalue weighted by molar-refractivity contribution is 7.80. The number of thiol groups is 1. The average Bonchev–Trinajstić information content (AvgIpc) is 2.37. The molecule has 1 aromatic rings. The van der Waals surface area contributed by atoms with E-state index in [4.69, 9.17) is 9.47 Å². The van der Waals surface area contributed by atoms with Crippen molar-refractivity contribution in [2.24, 2.45) is 0 Å². The number of rotatable bonds is 6. The molecule has 1 rings (SSSR count). The number of carbonyl (C=O) groups is 2. The maximum Gasteiger partial charge on any atom is 0.339 e. The standard InChI is InChI=1S/C14H18O4S/c1-3-17-12(15)9-8-10-6-5-7-11(19)13(10)14(16)18-4-2/h5-7,19H,3-4,8-9H2,1-2H3. The van der Waals surface area contributed by atoms with Crippen molar-refractivity contribution in [1.29, 1.82) is 0 Å². The van der Waals surface area contributed by atoms with Crippen LogP contribution in [0.25, 0.3) is 0 Å². The van der Waals surface area contributed by atoms with Crippen molar-refractivity contribution in [3.63, 3.8) is 0 Å². The van der Waals surface area contributed by atoms with E-state index in [9.17, 15) is 9.59 Å². The summed E-state index contributed by atoms with van der Waals surface area (Å²) in [5, 5.41) is 0. The normalized spacial score (nSPS) is 10.1. The van der Waals surface area contributed by atoms with Gasteiger partial charge < -0.3 is 9.47 Å². The van der Waals surface area contributed by atoms with Crippen LogP contribution in [0.1, 0.15) is 36.2 Å². The lowest BCUT2D eigenvalue weighted by Crippen LogP contribution is -2.11. The number of ether oxygens (including phenoxy) is 2. The zero-order valence-corrected chi connectivity index (χ0v) is 12.0. The summed E-state index contributed by atoms with van der Waals surface area (Å²) in [7, 11) is 0. The van der Waals surface area contributed by atoms with E-state index in [1.54, 1.807) is 32.0 Å². The zero-order chi connectivity index (χ0) is 14.3. The van der Waals surface area contributed by atoms with Crippen molar-refractivity contribution in [2.75, 3.05) is 13.2 Å². The van der Waals surface area contributed by atoms with E-state index in [-0.39, 0.29) is 12.4 Å². The van der Waals surface area contributed by atoms with Crippen molar-refractivity contribution in [3.05, 3.63) is 29.3 Å².